The van der Waals surface area contributed by atoms with Crippen LogP contribution in [0.2, 0.25) is 0 Å². The van der Waals surface area contributed by atoms with Gasteiger partial charge in [0, 0.05) is 43.2 Å². The van der Waals surface area contributed by atoms with Crippen LogP contribution in [0.4, 0.5) is 5.69 Å². The number of carbonyl (C=O) groups excluding carboxylic acids is 2. The van der Waals surface area contributed by atoms with Gasteiger partial charge in [-0.15, -0.1) is 0 Å². The predicted molar refractivity (Wildman–Crippen MR) is 91.6 cm³/mol. The number of carboxylic acid groups (broad SMARTS) is 1. The van der Waals surface area contributed by atoms with Gasteiger partial charge in [0.2, 0.25) is 5.91 Å². The van der Waals surface area contributed by atoms with Crippen LogP contribution in [0.3, 0.4) is 0 Å². The Balaban J connectivity index is 1.84. The third kappa shape index (κ3) is 4.78. The van der Waals surface area contributed by atoms with Crippen molar-refractivity contribution in [3.63, 3.8) is 0 Å². The van der Waals surface area contributed by atoms with E-state index >= 15 is 0 Å². The minimum atomic E-state index is -0.902. The molecule has 2 N–H and O–H groups in total. The third-order valence-corrected chi connectivity index (χ3v) is 4.52. The lowest BCUT2D eigenvalue weighted by atomic mass is 9.93. The predicted octanol–water partition coefficient (Wildman–Crippen LogP) is 1.43. The summed E-state index contributed by atoms with van der Waals surface area (Å²) in [7, 11) is 0. The fraction of sp³-hybridized carbons (Fsp3) is 0.471. The summed E-state index contributed by atoms with van der Waals surface area (Å²) in [5.74, 6) is -2.08. The molecule has 140 valence electrons. The van der Waals surface area contributed by atoms with Crippen molar-refractivity contribution < 1.29 is 24.4 Å². The molecule has 9 nitrogen and oxygen atoms in total. The highest BCUT2D eigenvalue weighted by Crippen LogP contribution is 2.22. The Morgan fingerprint density at radius 1 is 1.27 bits per heavy atom. The zero-order valence-electron chi connectivity index (χ0n) is 14.4. The highest BCUT2D eigenvalue weighted by atomic mass is 16.6. The molecule has 2 unspecified atom stereocenters. The molecule has 0 spiro atoms. The summed E-state index contributed by atoms with van der Waals surface area (Å²) in [6, 6.07) is 5.14. The Labute approximate surface area is 150 Å². The first kappa shape index (κ1) is 19.4. The molecule has 1 aliphatic rings. The Bertz CT molecular complexity index is 703. The molecule has 0 aromatic heterocycles. The minimum Gasteiger partial charge on any atom is -0.481 e. The van der Waals surface area contributed by atoms with Crippen molar-refractivity contribution in [2.75, 3.05) is 13.1 Å². The first-order chi connectivity index (χ1) is 12.3. The summed E-state index contributed by atoms with van der Waals surface area (Å²) in [5.41, 5.74) is 0.157. The highest BCUT2D eigenvalue weighted by Gasteiger charge is 2.32. The first-order valence-corrected chi connectivity index (χ1v) is 8.34. The van der Waals surface area contributed by atoms with E-state index in [0.717, 1.165) is 0 Å². The van der Waals surface area contributed by atoms with Crippen molar-refractivity contribution in [2.24, 2.45) is 5.92 Å². The molecule has 0 bridgehead atoms. The molecule has 0 saturated carbocycles. The Morgan fingerprint density at radius 3 is 2.50 bits per heavy atom. The number of rotatable bonds is 6. The van der Waals surface area contributed by atoms with Crippen LogP contribution in [0.15, 0.2) is 24.3 Å². The van der Waals surface area contributed by atoms with E-state index in [1.165, 1.54) is 24.3 Å². The number of nitro groups is 1. The number of nitro benzene ring substituents is 1. The molecule has 2 rings (SSSR count). The molecule has 1 aromatic rings. The maximum atomic E-state index is 12.3. The first-order valence-electron chi connectivity index (χ1n) is 8.34. The largest absolute Gasteiger partial charge is 0.481 e. The molecule has 1 heterocycles. The molecule has 0 radical (unpaired) electrons. The number of nitrogens with one attached hydrogen (secondary N) is 1. The van der Waals surface area contributed by atoms with Crippen LogP contribution in [-0.2, 0) is 9.59 Å². The number of amides is 2. The number of hydrogen-bond acceptors (Lipinski definition) is 5. The van der Waals surface area contributed by atoms with Gasteiger partial charge in [0.25, 0.3) is 11.6 Å². The monoisotopic (exact) mass is 363 g/mol. The SMILES string of the molecule is CC1CCC(C(=O)O)CN1C(=O)CCNC(=O)c1ccc([N+](=O)[O-])cc1. The van der Waals surface area contributed by atoms with E-state index in [1.807, 2.05) is 6.92 Å². The van der Waals surface area contributed by atoms with Crippen molar-refractivity contribution >= 4 is 23.5 Å². The molecule has 1 fully saturated rings. The standard InChI is InChI=1S/C17H21N3O6/c1-11-2-3-13(17(23)24)10-19(11)15(21)8-9-18-16(22)12-4-6-14(7-5-12)20(25)26/h4-7,11,13H,2-3,8-10H2,1H3,(H,18,22)(H,23,24). The van der Waals surface area contributed by atoms with Gasteiger partial charge < -0.3 is 15.3 Å². The van der Waals surface area contributed by atoms with E-state index in [-0.39, 0.29) is 42.7 Å². The van der Waals surface area contributed by atoms with Crippen LogP contribution in [0.25, 0.3) is 0 Å². The number of likely N-dealkylation sites (tertiary alicyclic amines) is 1. The molecule has 2 atom stereocenters. The van der Waals surface area contributed by atoms with Gasteiger partial charge in [0.05, 0.1) is 10.8 Å². The molecular weight excluding hydrogens is 342 g/mol. The summed E-state index contributed by atoms with van der Waals surface area (Å²) >= 11 is 0. The molecule has 26 heavy (non-hydrogen) atoms. The van der Waals surface area contributed by atoms with Crippen molar-refractivity contribution in [3.05, 3.63) is 39.9 Å². The second kappa shape index (κ2) is 8.41. The Hall–Kier alpha value is -2.97. The normalized spacial score (nSPS) is 19.7. The average molecular weight is 363 g/mol. The lowest BCUT2D eigenvalue weighted by Crippen LogP contribution is -2.48. The fourth-order valence-electron chi connectivity index (χ4n) is 2.92. The van der Waals surface area contributed by atoms with Gasteiger partial charge in [-0.25, -0.2) is 0 Å². The highest BCUT2D eigenvalue weighted by molar-refractivity contribution is 5.94. The van der Waals surface area contributed by atoms with E-state index in [9.17, 15) is 24.5 Å². The topological polar surface area (TPSA) is 130 Å². The number of benzene rings is 1. The van der Waals surface area contributed by atoms with E-state index in [2.05, 4.69) is 5.32 Å². The van der Waals surface area contributed by atoms with Gasteiger partial charge >= 0.3 is 5.97 Å². The number of nitrogens with zero attached hydrogens (tertiary/aromatic N) is 2. The van der Waals surface area contributed by atoms with Crippen molar-refractivity contribution in [2.45, 2.75) is 32.2 Å². The summed E-state index contributed by atoms with van der Waals surface area (Å²) in [5, 5.41) is 22.3. The Kier molecular flexibility index (Phi) is 6.26. The van der Waals surface area contributed by atoms with Crippen LogP contribution >= 0.6 is 0 Å². The summed E-state index contributed by atoms with van der Waals surface area (Å²) in [6.07, 6.45) is 1.25. The van der Waals surface area contributed by atoms with Crippen LogP contribution in [-0.4, -0.2) is 51.8 Å². The van der Waals surface area contributed by atoms with E-state index < -0.39 is 22.7 Å². The molecule has 2 amide bonds. The lowest BCUT2D eigenvalue weighted by Gasteiger charge is -2.36. The summed E-state index contributed by atoms with van der Waals surface area (Å²) < 4.78 is 0. The van der Waals surface area contributed by atoms with Crippen molar-refractivity contribution in [3.8, 4) is 0 Å². The second-order valence-electron chi connectivity index (χ2n) is 6.32. The molecular formula is C17H21N3O6. The van der Waals surface area contributed by atoms with Crippen LogP contribution in [0.1, 0.15) is 36.5 Å². The van der Waals surface area contributed by atoms with Gasteiger partial charge in [0.15, 0.2) is 0 Å². The summed E-state index contributed by atoms with van der Waals surface area (Å²) in [6.45, 7) is 2.17. The Morgan fingerprint density at radius 2 is 1.92 bits per heavy atom. The van der Waals surface area contributed by atoms with Gasteiger partial charge in [-0.3, -0.25) is 24.5 Å². The van der Waals surface area contributed by atoms with E-state index in [4.69, 9.17) is 5.11 Å². The second-order valence-corrected chi connectivity index (χ2v) is 6.32. The maximum absolute atomic E-state index is 12.3. The van der Waals surface area contributed by atoms with Gasteiger partial charge in [0.1, 0.15) is 0 Å². The number of carboxylic acids is 1. The van der Waals surface area contributed by atoms with Crippen LogP contribution < -0.4 is 5.32 Å². The molecule has 1 saturated heterocycles. The zero-order chi connectivity index (χ0) is 19.3. The van der Waals surface area contributed by atoms with Crippen LogP contribution in [0, 0.1) is 16.0 Å². The zero-order valence-corrected chi connectivity index (χ0v) is 14.4. The summed E-state index contributed by atoms with van der Waals surface area (Å²) in [4.78, 5) is 47.0. The van der Waals surface area contributed by atoms with Crippen molar-refractivity contribution in [1.82, 2.24) is 10.2 Å². The maximum Gasteiger partial charge on any atom is 0.308 e. The number of non-ortho nitro benzene ring substituents is 1. The molecule has 9 heteroatoms. The van der Waals surface area contributed by atoms with E-state index in [1.54, 1.807) is 4.90 Å². The van der Waals surface area contributed by atoms with Crippen LogP contribution in [0.5, 0.6) is 0 Å². The minimum absolute atomic E-state index is 0.0246. The average Bonchev–Trinajstić information content (AvgIpc) is 2.61. The quantitative estimate of drug-likeness (QED) is 0.581. The smallest absolute Gasteiger partial charge is 0.308 e. The molecule has 0 aliphatic carbocycles. The van der Waals surface area contributed by atoms with Gasteiger partial charge in [-0.05, 0) is 31.9 Å². The molecule has 1 aromatic carbocycles. The number of carbonyl (C=O) groups is 3. The lowest BCUT2D eigenvalue weighted by molar-refractivity contribution is -0.384. The number of aliphatic carboxylic acids is 1. The number of hydrogen-bond donors (Lipinski definition) is 2. The van der Waals surface area contributed by atoms with Gasteiger partial charge in [-0.1, -0.05) is 0 Å². The third-order valence-electron chi connectivity index (χ3n) is 4.52. The molecule has 1 aliphatic heterocycles. The fourth-order valence-corrected chi connectivity index (χ4v) is 2.92. The van der Waals surface area contributed by atoms with E-state index in [0.29, 0.717) is 12.8 Å². The van der Waals surface area contributed by atoms with Crippen molar-refractivity contribution in [1.29, 1.82) is 0 Å². The number of piperidine rings is 1. The van der Waals surface area contributed by atoms with Gasteiger partial charge in [-0.2, -0.15) is 0 Å².